The third kappa shape index (κ3) is 5.42. The predicted molar refractivity (Wildman–Crippen MR) is 233 cm³/mol. The van der Waals surface area contributed by atoms with Gasteiger partial charge in [-0.15, -0.1) is 0 Å². The van der Waals surface area contributed by atoms with Crippen LogP contribution in [0.1, 0.15) is 27.8 Å². The molecule has 0 radical (unpaired) electrons. The van der Waals surface area contributed by atoms with E-state index in [1.54, 1.807) is 11.8 Å². The summed E-state index contributed by atoms with van der Waals surface area (Å²) in [6.07, 6.45) is 0. The number of hydrogen-bond donors (Lipinski definition) is 0. The van der Waals surface area contributed by atoms with Crippen molar-refractivity contribution in [1.29, 1.82) is 5.26 Å². The van der Waals surface area contributed by atoms with Crippen molar-refractivity contribution in [3.8, 4) is 73.6 Å². The van der Waals surface area contributed by atoms with Gasteiger partial charge in [-0.1, -0.05) is 163 Å². The van der Waals surface area contributed by atoms with Gasteiger partial charge in [0.15, 0.2) is 17.5 Å². The van der Waals surface area contributed by atoms with Crippen molar-refractivity contribution in [2.45, 2.75) is 15.2 Å². The molecule has 58 heavy (non-hydrogen) atoms. The van der Waals surface area contributed by atoms with Crippen LogP contribution in [0.25, 0.3) is 67.5 Å². The predicted octanol–water partition coefficient (Wildman–Crippen LogP) is 12.9. The van der Waals surface area contributed by atoms with E-state index in [1.807, 2.05) is 42.5 Å². The Morgan fingerprint density at radius 3 is 1.45 bits per heavy atom. The van der Waals surface area contributed by atoms with Gasteiger partial charge >= 0.3 is 0 Å². The van der Waals surface area contributed by atoms with E-state index in [-0.39, 0.29) is 0 Å². The molecule has 4 nitrogen and oxygen atoms in total. The van der Waals surface area contributed by atoms with Crippen LogP contribution in [0, 0.1) is 11.3 Å². The first kappa shape index (κ1) is 33.9. The van der Waals surface area contributed by atoms with E-state index in [4.69, 9.17) is 15.0 Å². The summed E-state index contributed by atoms with van der Waals surface area (Å²) in [7, 11) is 0. The summed E-state index contributed by atoms with van der Waals surface area (Å²) in [4.78, 5) is 17.9. The van der Waals surface area contributed by atoms with E-state index in [0.717, 1.165) is 38.9 Å². The lowest BCUT2D eigenvalue weighted by molar-refractivity contribution is 0.723. The summed E-state index contributed by atoms with van der Waals surface area (Å²) in [5.41, 5.74) is 14.5. The zero-order valence-corrected chi connectivity index (χ0v) is 32.0. The molecule has 0 N–H and O–H groups in total. The van der Waals surface area contributed by atoms with Crippen molar-refractivity contribution in [2.24, 2.45) is 0 Å². The highest BCUT2D eigenvalue weighted by Gasteiger charge is 2.50. The first-order valence-corrected chi connectivity index (χ1v) is 20.1. The van der Waals surface area contributed by atoms with Gasteiger partial charge in [0.2, 0.25) is 0 Å². The van der Waals surface area contributed by atoms with E-state index < -0.39 is 5.41 Å². The fourth-order valence-electron chi connectivity index (χ4n) is 8.81. The maximum Gasteiger partial charge on any atom is 0.164 e. The summed E-state index contributed by atoms with van der Waals surface area (Å²) in [5.74, 6) is 1.86. The quantitative estimate of drug-likeness (QED) is 0.175. The largest absolute Gasteiger partial charge is 0.208 e. The van der Waals surface area contributed by atoms with Gasteiger partial charge in [-0.3, -0.25) is 0 Å². The van der Waals surface area contributed by atoms with Gasteiger partial charge in [0.1, 0.15) is 0 Å². The molecule has 0 fully saturated rings. The van der Waals surface area contributed by atoms with Crippen molar-refractivity contribution >= 4 is 11.8 Å². The molecule has 0 saturated heterocycles. The molecule has 0 saturated carbocycles. The van der Waals surface area contributed by atoms with Crippen LogP contribution in [0.2, 0.25) is 0 Å². The van der Waals surface area contributed by atoms with E-state index in [9.17, 15) is 5.26 Å². The molecule has 0 atom stereocenters. The highest BCUT2D eigenvalue weighted by molar-refractivity contribution is 7.99. The number of benzene rings is 8. The number of aromatic nitrogens is 3. The standard InChI is InChI=1S/C53H32N4S/c54-33-34-13-11-18-37(29-34)39-25-27-48-46(31-39)53(44-23-9-7-21-42(44)43-22-8-10-24-45(43)53)47-32-41(26-28-49(47)58-48)52-56-50(36-16-5-2-6-17-36)55-51(57-52)40-20-12-19-38(30-40)35-14-3-1-4-15-35/h1-32H. The Morgan fingerprint density at radius 1 is 0.362 bits per heavy atom. The van der Waals surface area contributed by atoms with Crippen LogP contribution >= 0.6 is 11.8 Å². The minimum atomic E-state index is -0.621. The van der Waals surface area contributed by atoms with Crippen molar-refractivity contribution in [1.82, 2.24) is 15.0 Å². The third-order valence-corrected chi connectivity index (χ3v) is 12.6. The molecule has 5 heteroatoms. The van der Waals surface area contributed by atoms with Gasteiger partial charge in [-0.05, 0) is 98.1 Å². The fraction of sp³-hybridized carbons (Fsp3) is 0.0189. The molecule has 11 rings (SSSR count). The Labute approximate surface area is 341 Å². The average Bonchev–Trinajstić information content (AvgIpc) is 3.60. The van der Waals surface area contributed by atoms with Crippen LogP contribution in [0.15, 0.2) is 204 Å². The minimum absolute atomic E-state index is 0.615. The molecule has 9 aromatic rings. The zero-order valence-electron chi connectivity index (χ0n) is 31.2. The SMILES string of the molecule is N#Cc1cccc(-c2ccc3c(c2)C2(c4cc(-c5nc(-c6ccccc6)nc(-c6cccc(-c7ccccc7)c6)n5)ccc4S3)c3ccccc3-c3ccccc32)c1. The minimum Gasteiger partial charge on any atom is -0.208 e. The monoisotopic (exact) mass is 756 g/mol. The highest BCUT2D eigenvalue weighted by Crippen LogP contribution is 2.62. The van der Waals surface area contributed by atoms with E-state index in [2.05, 4.69) is 158 Å². The summed E-state index contributed by atoms with van der Waals surface area (Å²) >= 11 is 1.80. The van der Waals surface area contributed by atoms with Gasteiger partial charge in [0.05, 0.1) is 17.0 Å². The van der Waals surface area contributed by atoms with Crippen molar-refractivity contribution in [2.75, 3.05) is 0 Å². The lowest BCUT2D eigenvalue weighted by Gasteiger charge is -2.40. The average molecular weight is 757 g/mol. The van der Waals surface area contributed by atoms with Gasteiger partial charge in [0.25, 0.3) is 0 Å². The van der Waals surface area contributed by atoms with Crippen molar-refractivity contribution < 1.29 is 0 Å². The van der Waals surface area contributed by atoms with Crippen molar-refractivity contribution in [3.05, 3.63) is 222 Å². The first-order valence-electron chi connectivity index (χ1n) is 19.3. The second-order valence-corrected chi connectivity index (χ2v) is 15.8. The molecular weight excluding hydrogens is 725 g/mol. The molecular formula is C53H32N4S. The Balaban J connectivity index is 1.15. The van der Waals surface area contributed by atoms with Crippen LogP contribution in [0.3, 0.4) is 0 Å². The Bertz CT molecular complexity index is 3070. The van der Waals surface area contributed by atoms with E-state index in [1.165, 1.54) is 43.2 Å². The number of fused-ring (bicyclic) bond motifs is 9. The molecule has 0 unspecified atom stereocenters. The maximum atomic E-state index is 9.77. The summed E-state index contributed by atoms with van der Waals surface area (Å²) < 4.78 is 0. The molecule has 270 valence electrons. The Kier molecular flexibility index (Phi) is 7.99. The maximum absolute atomic E-state index is 9.77. The van der Waals surface area contributed by atoms with Crippen LogP contribution < -0.4 is 0 Å². The number of nitriles is 1. The second kappa shape index (κ2) is 13.7. The molecule has 0 amide bonds. The Hall–Kier alpha value is -7.39. The molecule has 0 bridgehead atoms. The molecule has 2 aliphatic rings. The highest BCUT2D eigenvalue weighted by atomic mass is 32.2. The number of nitrogens with zero attached hydrogens (tertiary/aromatic N) is 4. The summed E-state index contributed by atoms with van der Waals surface area (Å²) in [6.45, 7) is 0. The van der Waals surface area contributed by atoms with Crippen LogP contribution in [-0.4, -0.2) is 15.0 Å². The topological polar surface area (TPSA) is 62.5 Å². The van der Waals surface area contributed by atoms with Crippen LogP contribution in [-0.2, 0) is 5.41 Å². The molecule has 1 aliphatic heterocycles. The molecule has 2 heterocycles. The lowest BCUT2D eigenvalue weighted by Crippen LogP contribution is -2.32. The normalized spacial score (nSPS) is 12.9. The number of hydrogen-bond acceptors (Lipinski definition) is 5. The number of rotatable bonds is 5. The van der Waals surface area contributed by atoms with Gasteiger partial charge in [-0.25, -0.2) is 15.0 Å². The zero-order chi connectivity index (χ0) is 38.6. The smallest absolute Gasteiger partial charge is 0.164 e. The van der Waals surface area contributed by atoms with E-state index in [0.29, 0.717) is 23.0 Å². The molecule has 1 aliphatic carbocycles. The summed E-state index contributed by atoms with van der Waals surface area (Å²) in [6, 6.07) is 70.4. The van der Waals surface area contributed by atoms with Crippen LogP contribution in [0.5, 0.6) is 0 Å². The fourth-order valence-corrected chi connectivity index (χ4v) is 9.96. The van der Waals surface area contributed by atoms with Gasteiger partial charge in [0, 0.05) is 26.5 Å². The van der Waals surface area contributed by atoms with E-state index >= 15 is 0 Å². The van der Waals surface area contributed by atoms with Crippen molar-refractivity contribution in [3.63, 3.8) is 0 Å². The van der Waals surface area contributed by atoms with Gasteiger partial charge < -0.3 is 0 Å². The molecule has 1 spiro atoms. The van der Waals surface area contributed by atoms with Crippen LogP contribution in [0.4, 0.5) is 0 Å². The second-order valence-electron chi connectivity index (χ2n) is 14.7. The Morgan fingerprint density at radius 2 is 0.810 bits per heavy atom. The lowest BCUT2D eigenvalue weighted by atomic mass is 9.66. The molecule has 1 aromatic heterocycles. The molecule has 8 aromatic carbocycles. The third-order valence-electron chi connectivity index (χ3n) is 11.4. The first-order chi connectivity index (χ1) is 28.7. The summed E-state index contributed by atoms with van der Waals surface area (Å²) in [5, 5.41) is 9.77. The van der Waals surface area contributed by atoms with Gasteiger partial charge in [-0.2, -0.15) is 5.26 Å².